The zero-order valence-electron chi connectivity index (χ0n) is 8.41. The van der Waals surface area contributed by atoms with E-state index in [-0.39, 0.29) is 0 Å². The Kier molecular flexibility index (Phi) is 3.01. The van der Waals surface area contributed by atoms with Crippen molar-refractivity contribution in [2.24, 2.45) is 0 Å². The molecule has 0 unspecified atom stereocenters. The van der Waals surface area contributed by atoms with Gasteiger partial charge >= 0.3 is 5.97 Å². The Morgan fingerprint density at radius 3 is 2.60 bits per heavy atom. The van der Waals surface area contributed by atoms with Crippen molar-refractivity contribution in [3.8, 4) is 6.07 Å². The van der Waals surface area contributed by atoms with Crippen molar-refractivity contribution in [1.29, 1.82) is 5.26 Å². The minimum atomic E-state index is -1.09. The lowest BCUT2D eigenvalue weighted by molar-refractivity contribution is -0.142. The maximum Gasteiger partial charge on any atom is 0.313 e. The van der Waals surface area contributed by atoms with Crippen LogP contribution in [0, 0.1) is 11.3 Å². The van der Waals surface area contributed by atoms with Crippen LogP contribution < -0.4 is 0 Å². The summed E-state index contributed by atoms with van der Waals surface area (Å²) < 4.78 is 0. The number of carboxylic acids is 1. The highest BCUT2D eigenvalue weighted by molar-refractivity contribution is 6.30. The third-order valence-electron chi connectivity index (χ3n) is 2.31. The van der Waals surface area contributed by atoms with Crippen LogP contribution >= 0.6 is 11.6 Å². The first kappa shape index (κ1) is 11.5. The largest absolute Gasteiger partial charge is 0.481 e. The zero-order chi connectivity index (χ0) is 11.6. The van der Waals surface area contributed by atoms with Gasteiger partial charge in [-0.25, -0.2) is 0 Å². The molecule has 3 nitrogen and oxygen atoms in total. The number of carboxylic acid groups (broad SMARTS) is 1. The summed E-state index contributed by atoms with van der Waals surface area (Å²) in [6, 6.07) is 6.59. The van der Waals surface area contributed by atoms with Gasteiger partial charge in [0.15, 0.2) is 0 Å². The van der Waals surface area contributed by atoms with Crippen LogP contribution in [0.1, 0.15) is 25.0 Å². The van der Waals surface area contributed by atoms with Gasteiger partial charge in [-0.3, -0.25) is 4.79 Å². The maximum absolute atomic E-state index is 11.0. The number of hydrogen-bond acceptors (Lipinski definition) is 2. The second-order valence-corrected chi connectivity index (χ2v) is 4.17. The number of aliphatic carboxylic acids is 1. The predicted octanol–water partition coefficient (Wildman–Crippen LogP) is 2.57. The number of nitrogens with zero attached hydrogens (tertiary/aromatic N) is 1. The molecule has 1 N–H and O–H groups in total. The summed E-state index contributed by atoms with van der Waals surface area (Å²) in [5, 5.41) is 18.4. The molecule has 0 heterocycles. The second-order valence-electron chi connectivity index (χ2n) is 3.73. The fraction of sp³-hybridized carbons (Fsp3) is 0.273. The van der Waals surface area contributed by atoms with E-state index in [1.807, 2.05) is 6.07 Å². The lowest BCUT2D eigenvalue weighted by Gasteiger charge is -2.20. The van der Waals surface area contributed by atoms with Crippen LogP contribution in [-0.2, 0) is 10.2 Å². The molecular weight excluding hydrogens is 214 g/mol. The summed E-state index contributed by atoms with van der Waals surface area (Å²) in [7, 11) is 0. The van der Waals surface area contributed by atoms with Crippen molar-refractivity contribution >= 4 is 17.6 Å². The summed E-state index contributed by atoms with van der Waals surface area (Å²) in [5.41, 5.74) is -0.313. The first-order valence-electron chi connectivity index (χ1n) is 4.33. The zero-order valence-corrected chi connectivity index (χ0v) is 9.17. The highest BCUT2D eigenvalue weighted by atomic mass is 35.5. The van der Waals surface area contributed by atoms with E-state index < -0.39 is 11.4 Å². The van der Waals surface area contributed by atoms with E-state index >= 15 is 0 Å². The summed E-state index contributed by atoms with van der Waals surface area (Å²) in [5.74, 6) is -0.971. The van der Waals surface area contributed by atoms with Crippen molar-refractivity contribution < 1.29 is 9.90 Å². The van der Waals surface area contributed by atoms with Crippen LogP contribution in [0.5, 0.6) is 0 Å². The first-order valence-corrected chi connectivity index (χ1v) is 4.71. The van der Waals surface area contributed by atoms with E-state index in [0.29, 0.717) is 16.1 Å². The third-order valence-corrected chi connectivity index (χ3v) is 2.55. The molecule has 0 spiro atoms. The molecule has 78 valence electrons. The van der Waals surface area contributed by atoms with Crippen molar-refractivity contribution in [3.05, 3.63) is 34.3 Å². The van der Waals surface area contributed by atoms with Crippen LogP contribution in [0.3, 0.4) is 0 Å². The fourth-order valence-electron chi connectivity index (χ4n) is 1.27. The van der Waals surface area contributed by atoms with Gasteiger partial charge in [-0.2, -0.15) is 5.26 Å². The normalized spacial score (nSPS) is 10.8. The van der Waals surface area contributed by atoms with Crippen LogP contribution in [0.2, 0.25) is 5.02 Å². The second kappa shape index (κ2) is 3.92. The van der Waals surface area contributed by atoms with Crippen molar-refractivity contribution in [2.45, 2.75) is 19.3 Å². The van der Waals surface area contributed by atoms with E-state index in [1.165, 1.54) is 6.07 Å². The quantitative estimate of drug-likeness (QED) is 0.838. The molecule has 0 aromatic heterocycles. The molecule has 0 aliphatic rings. The van der Waals surface area contributed by atoms with Crippen molar-refractivity contribution in [1.82, 2.24) is 0 Å². The van der Waals surface area contributed by atoms with Gasteiger partial charge in [0, 0.05) is 5.02 Å². The smallest absolute Gasteiger partial charge is 0.313 e. The monoisotopic (exact) mass is 223 g/mol. The first-order chi connectivity index (χ1) is 6.89. The number of carbonyl (C=O) groups is 1. The topological polar surface area (TPSA) is 61.1 Å². The molecule has 0 amide bonds. The molecule has 4 heteroatoms. The van der Waals surface area contributed by atoms with Gasteiger partial charge in [0.25, 0.3) is 0 Å². The Bertz CT molecular complexity index is 446. The summed E-state index contributed by atoms with van der Waals surface area (Å²) in [6.45, 7) is 3.11. The molecule has 0 aliphatic carbocycles. The van der Waals surface area contributed by atoms with Gasteiger partial charge in [0.1, 0.15) is 0 Å². The summed E-state index contributed by atoms with van der Waals surface area (Å²) >= 11 is 5.73. The van der Waals surface area contributed by atoms with E-state index in [2.05, 4.69) is 0 Å². The number of nitriles is 1. The lowest BCUT2D eigenvalue weighted by atomic mass is 9.82. The molecule has 0 radical (unpaired) electrons. The number of rotatable bonds is 2. The van der Waals surface area contributed by atoms with Gasteiger partial charge in [0.05, 0.1) is 17.0 Å². The van der Waals surface area contributed by atoms with E-state index in [0.717, 1.165) is 0 Å². The van der Waals surface area contributed by atoms with Crippen molar-refractivity contribution in [3.63, 3.8) is 0 Å². The number of halogens is 1. The van der Waals surface area contributed by atoms with Crippen LogP contribution in [0.4, 0.5) is 0 Å². The van der Waals surface area contributed by atoms with Gasteiger partial charge in [-0.15, -0.1) is 0 Å². The summed E-state index contributed by atoms with van der Waals surface area (Å²) in [6.07, 6.45) is 0. The summed E-state index contributed by atoms with van der Waals surface area (Å²) in [4.78, 5) is 11.0. The molecule has 0 aliphatic heterocycles. The molecule has 0 fully saturated rings. The maximum atomic E-state index is 11.0. The average Bonchev–Trinajstić information content (AvgIpc) is 2.16. The molecule has 0 atom stereocenters. The Hall–Kier alpha value is -1.53. The van der Waals surface area contributed by atoms with Crippen LogP contribution in [0.15, 0.2) is 18.2 Å². The van der Waals surface area contributed by atoms with E-state index in [4.69, 9.17) is 22.0 Å². The Morgan fingerprint density at radius 2 is 2.13 bits per heavy atom. The van der Waals surface area contributed by atoms with Crippen LogP contribution in [-0.4, -0.2) is 11.1 Å². The standard InChI is InChI=1S/C11H10ClNO2/c1-11(2,10(14)15)9-4-3-8(12)5-7(9)6-13/h3-5H,1-2H3,(H,14,15). The third kappa shape index (κ3) is 2.11. The number of hydrogen-bond donors (Lipinski definition) is 1. The minimum Gasteiger partial charge on any atom is -0.481 e. The Labute approximate surface area is 92.9 Å². The Balaban J connectivity index is 3.39. The SMILES string of the molecule is CC(C)(C(=O)O)c1ccc(Cl)cc1C#N. The minimum absolute atomic E-state index is 0.301. The molecule has 0 saturated heterocycles. The van der Waals surface area contributed by atoms with E-state index in [1.54, 1.807) is 26.0 Å². The highest BCUT2D eigenvalue weighted by Gasteiger charge is 2.31. The Morgan fingerprint density at radius 1 is 1.53 bits per heavy atom. The lowest BCUT2D eigenvalue weighted by Crippen LogP contribution is -2.29. The molecule has 0 bridgehead atoms. The molecule has 1 aromatic carbocycles. The average molecular weight is 224 g/mol. The van der Waals surface area contributed by atoms with Gasteiger partial charge in [-0.1, -0.05) is 17.7 Å². The highest BCUT2D eigenvalue weighted by Crippen LogP contribution is 2.28. The molecule has 1 rings (SSSR count). The molecular formula is C11H10ClNO2. The van der Waals surface area contributed by atoms with Crippen LogP contribution in [0.25, 0.3) is 0 Å². The van der Waals surface area contributed by atoms with Crippen molar-refractivity contribution in [2.75, 3.05) is 0 Å². The molecule has 1 aromatic rings. The van der Waals surface area contributed by atoms with E-state index in [9.17, 15) is 4.79 Å². The predicted molar refractivity (Wildman–Crippen MR) is 56.8 cm³/mol. The van der Waals surface area contributed by atoms with Gasteiger partial charge < -0.3 is 5.11 Å². The fourth-order valence-corrected chi connectivity index (χ4v) is 1.44. The number of benzene rings is 1. The molecule has 15 heavy (non-hydrogen) atoms. The van der Waals surface area contributed by atoms with Gasteiger partial charge in [-0.05, 0) is 31.5 Å². The van der Waals surface area contributed by atoms with Gasteiger partial charge in [0.2, 0.25) is 0 Å². The molecule has 0 saturated carbocycles.